The lowest BCUT2D eigenvalue weighted by Crippen LogP contribution is -2.63. The van der Waals surface area contributed by atoms with Crippen molar-refractivity contribution in [3.63, 3.8) is 0 Å². The second-order valence-corrected chi connectivity index (χ2v) is 27.3. The topological polar surface area (TPSA) is 254 Å². The van der Waals surface area contributed by atoms with E-state index in [2.05, 4.69) is 40.9 Å². The van der Waals surface area contributed by atoms with Gasteiger partial charge >= 0.3 is 11.9 Å². The van der Waals surface area contributed by atoms with Gasteiger partial charge in [0.25, 0.3) is 0 Å². The van der Waals surface area contributed by atoms with Gasteiger partial charge in [-0.2, -0.15) is 0 Å². The monoisotopic (exact) mass is 1130 g/mol. The normalized spacial score (nSPS) is 58.7. The number of aliphatic carboxylic acids is 1. The van der Waals surface area contributed by atoms with E-state index in [1.54, 1.807) is 0 Å². The summed E-state index contributed by atoms with van der Waals surface area (Å²) in [7, 11) is 0. The fraction of sp³-hybridized carbons (Fsp3) is 0.898. The van der Waals surface area contributed by atoms with Gasteiger partial charge in [0.15, 0.2) is 17.7 Å². The van der Waals surface area contributed by atoms with Crippen LogP contribution < -0.4 is 0 Å². The fourth-order valence-electron chi connectivity index (χ4n) is 18.0. The second-order valence-electron chi connectivity index (χ2n) is 27.3. The van der Waals surface area contributed by atoms with Crippen LogP contribution in [0.2, 0.25) is 0 Å². The van der Waals surface area contributed by atoms with Crippen molar-refractivity contribution >= 4 is 11.9 Å². The van der Waals surface area contributed by atoms with Crippen molar-refractivity contribution in [1.82, 2.24) is 0 Å². The van der Waals surface area contributed by atoms with E-state index < -0.39 is 121 Å². The van der Waals surface area contributed by atoms with E-state index in [4.69, 9.17) is 71.1 Å². The molecule has 32 atom stereocenters. The molecule has 4 N–H and O–H groups in total. The van der Waals surface area contributed by atoms with Crippen molar-refractivity contribution in [1.29, 1.82) is 0 Å². The van der Waals surface area contributed by atoms with Crippen molar-refractivity contribution in [3.05, 3.63) is 24.3 Å². The summed E-state index contributed by atoms with van der Waals surface area (Å²) < 4.78 is 102. The molecule has 0 saturated carbocycles. The van der Waals surface area contributed by atoms with Gasteiger partial charge in [-0.05, 0) is 73.8 Å². The number of carbonyl (C=O) groups excluding carboxylic acids is 1. The highest BCUT2D eigenvalue weighted by atomic mass is 16.8. The third kappa shape index (κ3) is 8.84. The maximum absolute atomic E-state index is 14.6. The lowest BCUT2D eigenvalue weighted by molar-refractivity contribution is -0.371. The first kappa shape index (κ1) is 54.4. The molecule has 16 aliphatic rings. The standard InChI is InChI=1S/C59H82O21/c1-24-13-30-7-9-34-25(2)14-32(66-34)11-12-58-55(64)59(65)54(80-58)53-52(79-59)51(78-58)50-35(70-53)10-8-31(68-50)15-45(63)73-49-29(6)48-40(69-39(49)17-36(67-30)28(24)5)18-38-42(72-48)22-57(74-38)23-43-47(77-57)27(4)21-56(76-43)20-26(3)46-41(75-56)16-33(60)37(71-46)19-44(61)62/h24,26-27,29-43,46-55,60,64-65H,2,5,7-23H2,1,3-4,6H3,(H,61,62)/t24-,26+,27+,29+,30?,31-,32+,33-,34+,35+,36?,37-,38-,39+,40+,41+,42-,43+,46+,47+,48+,49-,50+,51?,52?,53-,54-,55+,56-,57+,58-,59?/m1/s1. The van der Waals surface area contributed by atoms with Crippen LogP contribution in [0.4, 0.5) is 0 Å². The lowest BCUT2D eigenvalue weighted by Gasteiger charge is -2.54. The summed E-state index contributed by atoms with van der Waals surface area (Å²) in [4.78, 5) is 26.1. The van der Waals surface area contributed by atoms with Crippen LogP contribution in [0.5, 0.6) is 0 Å². The summed E-state index contributed by atoms with van der Waals surface area (Å²) in [6.45, 7) is 17.5. The Hall–Kier alpha value is -2.26. The molecule has 16 saturated heterocycles. The predicted molar refractivity (Wildman–Crippen MR) is 271 cm³/mol. The summed E-state index contributed by atoms with van der Waals surface area (Å²) in [5.41, 5.74) is 1.99. The molecule has 0 amide bonds. The summed E-state index contributed by atoms with van der Waals surface area (Å²) in [5, 5.41) is 44.2. The molecule has 12 bridgehead atoms. The number of esters is 1. The Labute approximate surface area is 466 Å². The third-order valence-corrected chi connectivity index (χ3v) is 21.8. The lowest BCUT2D eigenvalue weighted by atomic mass is 9.78. The maximum Gasteiger partial charge on any atom is 0.308 e. The number of rotatable bonds is 2. The largest absolute Gasteiger partial charge is 0.481 e. The zero-order valence-corrected chi connectivity index (χ0v) is 46.3. The number of carbonyl (C=O) groups is 2. The van der Waals surface area contributed by atoms with Gasteiger partial charge in [0.05, 0.1) is 117 Å². The molecule has 3 spiro atoms. The average molecular weight is 1130 g/mol. The van der Waals surface area contributed by atoms with Gasteiger partial charge in [0.2, 0.25) is 11.6 Å². The molecule has 444 valence electrons. The van der Waals surface area contributed by atoms with E-state index in [1.165, 1.54) is 0 Å². The molecule has 21 heteroatoms. The van der Waals surface area contributed by atoms with E-state index >= 15 is 0 Å². The number of aliphatic hydroxyl groups is 3. The van der Waals surface area contributed by atoms with Gasteiger partial charge in [-0.25, -0.2) is 0 Å². The zero-order valence-electron chi connectivity index (χ0n) is 46.3. The van der Waals surface area contributed by atoms with E-state index in [0.29, 0.717) is 70.6 Å². The Morgan fingerprint density at radius 3 is 2.09 bits per heavy atom. The number of hydrogen-bond acceptors (Lipinski definition) is 20. The number of ether oxygens (including phenoxy) is 15. The molecule has 0 radical (unpaired) electrons. The first-order valence-electron chi connectivity index (χ1n) is 30.4. The molecule has 16 rings (SSSR count). The van der Waals surface area contributed by atoms with E-state index in [1.807, 2.05) is 0 Å². The Bertz CT molecular complexity index is 2460. The number of hydrogen-bond donors (Lipinski definition) is 4. The van der Waals surface area contributed by atoms with Crippen LogP contribution >= 0.6 is 0 Å². The first-order chi connectivity index (χ1) is 38.2. The number of carboxylic acid groups (broad SMARTS) is 1. The molecule has 5 unspecified atom stereocenters. The minimum Gasteiger partial charge on any atom is -0.481 e. The summed E-state index contributed by atoms with van der Waals surface area (Å²) >= 11 is 0. The van der Waals surface area contributed by atoms with Crippen LogP contribution in [0.15, 0.2) is 24.3 Å². The summed E-state index contributed by atoms with van der Waals surface area (Å²) in [6, 6.07) is 0. The van der Waals surface area contributed by atoms with Gasteiger partial charge < -0.3 is 91.5 Å². The molecule has 80 heavy (non-hydrogen) atoms. The minimum absolute atomic E-state index is 0.00631. The number of fused-ring (bicyclic) bond motifs is 10. The second kappa shape index (κ2) is 19.6. The van der Waals surface area contributed by atoms with Crippen molar-refractivity contribution in [2.75, 3.05) is 0 Å². The molecular weight excluding hydrogens is 1040 g/mol. The van der Waals surface area contributed by atoms with Gasteiger partial charge in [-0.3, -0.25) is 9.59 Å². The molecule has 16 aliphatic heterocycles. The van der Waals surface area contributed by atoms with E-state index in [9.17, 15) is 30.0 Å². The van der Waals surface area contributed by atoms with Gasteiger partial charge in [-0.1, -0.05) is 40.9 Å². The SMILES string of the molecule is C=C1C2C[C@@H]3O[C@H]4C[C@H]5O[C@@]6(C[C@@H]7O[C@]8(C[C@H](C)[C@@H]9O[C@H](CC(=O)O)[C@H](O)C[C@@H]9O8)C[C@H](C)[C@@H]7O6)C[C@H]5O[C@H]4[C@H](C)[C@H]3OC(=O)C[C@H]3CC[C@@H]4O[C@@H]5C6OC7(O)[C@@H]5O[C@@](CC[C@H]5CC(=C)[C@H](CCC(C[C@H]1C)O2)O5)(OC6[C@H]4O3)[C@@H]7O. The number of aliphatic hydroxyl groups excluding tert-OH is 2. The highest BCUT2D eigenvalue weighted by Crippen LogP contribution is 2.59. The molecule has 0 aromatic carbocycles. The van der Waals surface area contributed by atoms with Gasteiger partial charge in [-0.15, -0.1) is 0 Å². The Morgan fingerprint density at radius 1 is 0.562 bits per heavy atom. The summed E-state index contributed by atoms with van der Waals surface area (Å²) in [6.07, 6.45) is -5.45. The number of carboxylic acids is 1. The van der Waals surface area contributed by atoms with Crippen molar-refractivity contribution in [2.24, 2.45) is 23.7 Å². The fourth-order valence-corrected chi connectivity index (χ4v) is 18.0. The van der Waals surface area contributed by atoms with Crippen LogP contribution in [0, 0.1) is 23.7 Å². The zero-order chi connectivity index (χ0) is 55.1. The Morgan fingerprint density at radius 2 is 1.26 bits per heavy atom. The Kier molecular flexibility index (Phi) is 13.3. The quantitative estimate of drug-likeness (QED) is 0.226. The van der Waals surface area contributed by atoms with Crippen molar-refractivity contribution < 1.29 is 101 Å². The van der Waals surface area contributed by atoms with Gasteiger partial charge in [0.1, 0.15) is 36.6 Å². The van der Waals surface area contributed by atoms with E-state index in [-0.39, 0.29) is 110 Å². The van der Waals surface area contributed by atoms with Crippen LogP contribution in [0.25, 0.3) is 0 Å². The maximum atomic E-state index is 14.6. The first-order valence-corrected chi connectivity index (χ1v) is 30.4. The predicted octanol–water partition coefficient (Wildman–Crippen LogP) is 3.95. The van der Waals surface area contributed by atoms with Crippen LogP contribution in [-0.2, 0) is 80.6 Å². The van der Waals surface area contributed by atoms with Gasteiger partial charge in [0, 0.05) is 57.3 Å². The van der Waals surface area contributed by atoms with Crippen LogP contribution in [0.3, 0.4) is 0 Å². The van der Waals surface area contributed by atoms with Crippen LogP contribution in [0.1, 0.15) is 137 Å². The van der Waals surface area contributed by atoms with Crippen molar-refractivity contribution in [3.8, 4) is 0 Å². The summed E-state index contributed by atoms with van der Waals surface area (Å²) in [5.74, 6) is -7.08. The third-order valence-electron chi connectivity index (χ3n) is 21.8. The average Bonchev–Trinajstić information content (AvgIpc) is 4.26. The highest BCUT2D eigenvalue weighted by Gasteiger charge is 2.79. The highest BCUT2D eigenvalue weighted by molar-refractivity contribution is 5.70. The molecule has 21 nitrogen and oxygen atoms in total. The molecular formula is C59H82O21. The molecule has 16 heterocycles. The van der Waals surface area contributed by atoms with Crippen LogP contribution in [-0.4, -0.2) is 202 Å². The van der Waals surface area contributed by atoms with E-state index in [0.717, 1.165) is 24.0 Å². The molecule has 0 aromatic heterocycles. The molecule has 0 aromatic rings. The minimum atomic E-state index is -2.04. The Balaban J connectivity index is 0.666. The molecule has 0 aliphatic carbocycles. The van der Waals surface area contributed by atoms with Crippen molar-refractivity contribution in [2.45, 2.75) is 306 Å². The molecule has 16 fully saturated rings. The smallest absolute Gasteiger partial charge is 0.308 e.